The van der Waals surface area contributed by atoms with Crippen molar-refractivity contribution in [1.82, 2.24) is 14.8 Å². The molecule has 5 fully saturated rings. The summed E-state index contributed by atoms with van der Waals surface area (Å²) in [5.41, 5.74) is 1.23. The second-order valence-corrected chi connectivity index (χ2v) is 10.3. The fraction of sp³-hybridized carbons (Fsp3) is 0.810. The van der Waals surface area contributed by atoms with Crippen LogP contribution in [-0.4, -0.2) is 46.9 Å². The Morgan fingerprint density at radius 3 is 2.27 bits per heavy atom. The van der Waals surface area contributed by atoms with E-state index >= 15 is 0 Å². The van der Waals surface area contributed by atoms with Crippen molar-refractivity contribution in [2.75, 3.05) is 26.2 Å². The summed E-state index contributed by atoms with van der Waals surface area (Å²) < 4.78 is 0. The monoisotopic (exact) mass is 373 g/mol. The number of thiazole rings is 1. The number of carbonyl (C=O) groups is 1. The maximum atomic E-state index is 13.5. The van der Waals surface area contributed by atoms with Gasteiger partial charge in [0, 0.05) is 38.1 Å². The zero-order valence-corrected chi connectivity index (χ0v) is 16.8. The van der Waals surface area contributed by atoms with E-state index in [-0.39, 0.29) is 5.41 Å². The third-order valence-corrected chi connectivity index (χ3v) is 8.48. The first-order chi connectivity index (χ1) is 12.6. The van der Waals surface area contributed by atoms with Crippen molar-refractivity contribution in [3.8, 4) is 0 Å². The van der Waals surface area contributed by atoms with Gasteiger partial charge in [0.25, 0.3) is 0 Å². The standard InChI is InChI=1S/C21H31N3OS/c1-2-19-22-18(14-26-19)13-23-3-5-24(6-4-23)20(25)21-10-15-7-16(11-21)9-17(8-15)12-21/h14-17H,2-13H2,1H3. The van der Waals surface area contributed by atoms with Gasteiger partial charge in [-0.1, -0.05) is 6.92 Å². The van der Waals surface area contributed by atoms with Gasteiger partial charge < -0.3 is 4.90 Å². The van der Waals surface area contributed by atoms with E-state index in [4.69, 9.17) is 4.98 Å². The van der Waals surface area contributed by atoms with Crippen molar-refractivity contribution in [3.63, 3.8) is 0 Å². The van der Waals surface area contributed by atoms with E-state index in [9.17, 15) is 4.79 Å². The largest absolute Gasteiger partial charge is 0.340 e. The average Bonchev–Trinajstić information content (AvgIpc) is 3.08. The summed E-state index contributed by atoms with van der Waals surface area (Å²) in [7, 11) is 0. The highest BCUT2D eigenvalue weighted by molar-refractivity contribution is 7.09. The molecule has 2 heterocycles. The number of aromatic nitrogens is 1. The van der Waals surface area contributed by atoms with Gasteiger partial charge in [0.1, 0.15) is 0 Å². The van der Waals surface area contributed by atoms with Gasteiger partial charge in [-0.25, -0.2) is 4.98 Å². The number of hydrogen-bond acceptors (Lipinski definition) is 4. The number of amides is 1. The van der Waals surface area contributed by atoms with E-state index in [2.05, 4.69) is 22.1 Å². The molecule has 0 radical (unpaired) electrons. The van der Waals surface area contributed by atoms with E-state index in [0.29, 0.717) is 5.91 Å². The Morgan fingerprint density at radius 1 is 1.12 bits per heavy atom. The van der Waals surface area contributed by atoms with Gasteiger partial charge in [-0.2, -0.15) is 0 Å². The number of carbonyl (C=O) groups excluding carboxylic acids is 1. The molecule has 1 aliphatic heterocycles. The predicted octanol–water partition coefficient (Wildman–Crippen LogP) is 3.57. The van der Waals surface area contributed by atoms with Crippen LogP contribution in [0.1, 0.15) is 56.2 Å². The summed E-state index contributed by atoms with van der Waals surface area (Å²) in [5, 5.41) is 3.43. The van der Waals surface area contributed by atoms with Crippen LogP contribution in [0.5, 0.6) is 0 Å². The quantitative estimate of drug-likeness (QED) is 0.810. The third kappa shape index (κ3) is 3.01. The summed E-state index contributed by atoms with van der Waals surface area (Å²) in [6, 6.07) is 0. The Bertz CT molecular complexity index is 641. The Morgan fingerprint density at radius 2 is 1.73 bits per heavy atom. The number of rotatable bonds is 4. The lowest BCUT2D eigenvalue weighted by molar-refractivity contribution is -0.159. The molecule has 1 amide bonds. The average molecular weight is 374 g/mol. The lowest BCUT2D eigenvalue weighted by Gasteiger charge is -2.57. The van der Waals surface area contributed by atoms with Crippen LogP contribution in [0.25, 0.3) is 0 Å². The second-order valence-electron chi connectivity index (χ2n) is 9.35. The van der Waals surface area contributed by atoms with Crippen LogP contribution in [0, 0.1) is 23.2 Å². The molecule has 6 rings (SSSR count). The van der Waals surface area contributed by atoms with E-state index < -0.39 is 0 Å². The van der Waals surface area contributed by atoms with Gasteiger partial charge in [0.2, 0.25) is 5.91 Å². The minimum atomic E-state index is 0.0296. The van der Waals surface area contributed by atoms with E-state index in [1.54, 1.807) is 11.3 Å². The summed E-state index contributed by atoms with van der Waals surface area (Å²) in [6.07, 6.45) is 8.83. The van der Waals surface area contributed by atoms with Crippen LogP contribution in [-0.2, 0) is 17.8 Å². The molecule has 5 heteroatoms. The SMILES string of the molecule is CCc1nc(CN2CCN(C(=O)C34CC5CC(CC(C5)C3)C4)CC2)cs1. The molecule has 26 heavy (non-hydrogen) atoms. The van der Waals surface area contributed by atoms with Crippen molar-refractivity contribution >= 4 is 17.2 Å². The van der Waals surface area contributed by atoms with E-state index in [1.807, 2.05) is 0 Å². The summed E-state index contributed by atoms with van der Waals surface area (Å²) in [5.74, 6) is 3.06. The Labute approximate surface area is 161 Å². The second kappa shape index (κ2) is 6.59. The van der Waals surface area contributed by atoms with Crippen LogP contribution >= 0.6 is 11.3 Å². The fourth-order valence-corrected chi connectivity index (χ4v) is 7.37. The van der Waals surface area contributed by atoms with E-state index in [1.165, 1.54) is 49.2 Å². The van der Waals surface area contributed by atoms with Crippen molar-refractivity contribution in [2.24, 2.45) is 23.2 Å². The molecule has 0 atom stereocenters. The summed E-state index contributed by atoms with van der Waals surface area (Å²) in [4.78, 5) is 22.8. The van der Waals surface area contributed by atoms with Crippen LogP contribution < -0.4 is 0 Å². The van der Waals surface area contributed by atoms with Gasteiger partial charge in [-0.05, 0) is 62.7 Å². The molecular formula is C21H31N3OS. The first-order valence-corrected chi connectivity index (χ1v) is 11.5. The maximum absolute atomic E-state index is 13.5. The molecule has 5 aliphatic rings. The first-order valence-electron chi connectivity index (χ1n) is 10.6. The molecular weight excluding hydrogens is 342 g/mol. The predicted molar refractivity (Wildman–Crippen MR) is 104 cm³/mol. The van der Waals surface area contributed by atoms with Crippen LogP contribution in [0.2, 0.25) is 0 Å². The van der Waals surface area contributed by atoms with Crippen molar-refractivity contribution < 1.29 is 4.79 Å². The highest BCUT2D eigenvalue weighted by Gasteiger charge is 2.55. The first kappa shape index (κ1) is 17.2. The highest BCUT2D eigenvalue weighted by Crippen LogP contribution is 2.60. The fourth-order valence-electron chi connectivity index (χ4n) is 6.63. The molecule has 4 bridgehead atoms. The van der Waals surface area contributed by atoms with Crippen molar-refractivity contribution in [1.29, 1.82) is 0 Å². The smallest absolute Gasteiger partial charge is 0.228 e. The number of aryl methyl sites for hydroxylation is 1. The summed E-state index contributed by atoms with van der Waals surface area (Å²) >= 11 is 1.77. The lowest BCUT2D eigenvalue weighted by atomic mass is 9.49. The van der Waals surface area contributed by atoms with Crippen molar-refractivity contribution in [3.05, 3.63) is 16.1 Å². The molecule has 4 saturated carbocycles. The van der Waals surface area contributed by atoms with E-state index in [0.717, 1.165) is 56.9 Å². The lowest BCUT2D eigenvalue weighted by Crippen LogP contribution is -2.58. The topological polar surface area (TPSA) is 36.4 Å². The molecule has 1 aromatic heterocycles. The number of piperazine rings is 1. The Balaban J connectivity index is 1.20. The number of hydrogen-bond donors (Lipinski definition) is 0. The van der Waals surface area contributed by atoms with Crippen LogP contribution in [0.15, 0.2) is 5.38 Å². The van der Waals surface area contributed by atoms with Crippen molar-refractivity contribution in [2.45, 2.75) is 58.4 Å². The number of nitrogens with zero attached hydrogens (tertiary/aromatic N) is 3. The minimum absolute atomic E-state index is 0.0296. The molecule has 1 saturated heterocycles. The normalized spacial score (nSPS) is 36.7. The molecule has 4 aliphatic carbocycles. The molecule has 4 nitrogen and oxygen atoms in total. The van der Waals surface area contributed by atoms with Gasteiger partial charge in [0.15, 0.2) is 0 Å². The van der Waals surface area contributed by atoms with Gasteiger partial charge in [-0.15, -0.1) is 11.3 Å². The molecule has 0 unspecified atom stereocenters. The molecule has 0 aromatic carbocycles. The molecule has 0 N–H and O–H groups in total. The highest BCUT2D eigenvalue weighted by atomic mass is 32.1. The zero-order valence-electron chi connectivity index (χ0n) is 16.0. The van der Waals surface area contributed by atoms with Gasteiger partial charge in [0.05, 0.1) is 16.1 Å². The molecule has 1 aromatic rings. The van der Waals surface area contributed by atoms with Crippen LogP contribution in [0.4, 0.5) is 0 Å². The zero-order chi connectivity index (χ0) is 17.7. The minimum Gasteiger partial charge on any atom is -0.340 e. The molecule has 142 valence electrons. The van der Waals surface area contributed by atoms with Crippen LogP contribution in [0.3, 0.4) is 0 Å². The van der Waals surface area contributed by atoms with Gasteiger partial charge >= 0.3 is 0 Å². The Kier molecular flexibility index (Phi) is 4.35. The van der Waals surface area contributed by atoms with Gasteiger partial charge in [-0.3, -0.25) is 9.69 Å². The Hall–Kier alpha value is -0.940. The third-order valence-electron chi connectivity index (χ3n) is 7.44. The molecule has 0 spiro atoms. The maximum Gasteiger partial charge on any atom is 0.228 e. The summed E-state index contributed by atoms with van der Waals surface area (Å²) in [6.45, 7) is 6.91.